The Bertz CT molecular complexity index is 565. The van der Waals surface area contributed by atoms with Crippen LogP contribution in [-0.4, -0.2) is 24.0 Å². The van der Waals surface area contributed by atoms with Gasteiger partial charge in [-0.05, 0) is 18.6 Å². The molecule has 2 rings (SSSR count). The van der Waals surface area contributed by atoms with Gasteiger partial charge in [-0.3, -0.25) is 4.79 Å². The lowest BCUT2D eigenvalue weighted by Crippen LogP contribution is -2.25. The number of nitrogen functional groups attached to an aromatic ring is 1. The molecule has 19 heavy (non-hydrogen) atoms. The first kappa shape index (κ1) is 13.2. The first-order valence-corrected chi connectivity index (χ1v) is 6.35. The number of hydrogen-bond acceptors (Lipinski definition) is 5. The van der Waals surface area contributed by atoms with Gasteiger partial charge in [0.15, 0.2) is 5.58 Å². The summed E-state index contributed by atoms with van der Waals surface area (Å²) in [7, 11) is 0. The van der Waals surface area contributed by atoms with E-state index in [2.05, 4.69) is 15.6 Å². The van der Waals surface area contributed by atoms with Crippen molar-refractivity contribution in [2.75, 3.05) is 24.1 Å². The van der Waals surface area contributed by atoms with Gasteiger partial charge in [0, 0.05) is 31.3 Å². The molecule has 1 amide bonds. The Hall–Kier alpha value is -2.24. The molecule has 1 aromatic heterocycles. The van der Waals surface area contributed by atoms with E-state index < -0.39 is 0 Å². The van der Waals surface area contributed by atoms with Gasteiger partial charge in [-0.1, -0.05) is 6.92 Å². The molecule has 1 heterocycles. The van der Waals surface area contributed by atoms with Crippen LogP contribution in [0.3, 0.4) is 0 Å². The number of carbonyl (C=O) groups is 1. The van der Waals surface area contributed by atoms with Gasteiger partial charge in [-0.15, -0.1) is 0 Å². The third kappa shape index (κ3) is 3.61. The van der Waals surface area contributed by atoms with Crippen molar-refractivity contribution in [1.82, 2.24) is 10.3 Å². The van der Waals surface area contributed by atoms with E-state index in [1.807, 2.05) is 6.92 Å². The molecule has 0 saturated carbocycles. The van der Waals surface area contributed by atoms with Crippen LogP contribution >= 0.6 is 0 Å². The van der Waals surface area contributed by atoms with E-state index in [4.69, 9.17) is 10.2 Å². The van der Waals surface area contributed by atoms with Crippen LogP contribution < -0.4 is 16.4 Å². The third-order valence-electron chi connectivity index (χ3n) is 2.61. The Morgan fingerprint density at radius 3 is 3.05 bits per heavy atom. The van der Waals surface area contributed by atoms with Gasteiger partial charge in [-0.2, -0.15) is 4.98 Å². The minimum absolute atomic E-state index is 0.0229. The van der Waals surface area contributed by atoms with Crippen molar-refractivity contribution in [3.8, 4) is 0 Å². The Labute approximate surface area is 111 Å². The molecule has 0 aliphatic heterocycles. The number of rotatable bonds is 6. The summed E-state index contributed by atoms with van der Waals surface area (Å²) >= 11 is 0. The fourth-order valence-electron chi connectivity index (χ4n) is 1.65. The van der Waals surface area contributed by atoms with E-state index >= 15 is 0 Å². The highest BCUT2D eigenvalue weighted by Crippen LogP contribution is 2.20. The van der Waals surface area contributed by atoms with Gasteiger partial charge >= 0.3 is 0 Å². The lowest BCUT2D eigenvalue weighted by atomic mass is 10.3. The van der Waals surface area contributed by atoms with Gasteiger partial charge in [-0.25, -0.2) is 0 Å². The number of anilines is 2. The van der Waals surface area contributed by atoms with Crippen LogP contribution in [0.15, 0.2) is 22.6 Å². The van der Waals surface area contributed by atoms with E-state index in [9.17, 15) is 4.79 Å². The second kappa shape index (κ2) is 6.08. The number of nitrogens with one attached hydrogen (secondary N) is 2. The van der Waals surface area contributed by atoms with Gasteiger partial charge in [0.05, 0.1) is 0 Å². The van der Waals surface area contributed by atoms with Gasteiger partial charge < -0.3 is 20.8 Å². The highest BCUT2D eigenvalue weighted by molar-refractivity contribution is 5.78. The van der Waals surface area contributed by atoms with E-state index in [1.165, 1.54) is 0 Å². The van der Waals surface area contributed by atoms with Crippen LogP contribution in [-0.2, 0) is 4.79 Å². The molecule has 4 N–H and O–H groups in total. The van der Waals surface area contributed by atoms with Crippen molar-refractivity contribution in [3.05, 3.63) is 18.2 Å². The number of nitrogens with two attached hydrogens (primary N) is 1. The lowest BCUT2D eigenvalue weighted by Gasteiger charge is -2.03. The topological polar surface area (TPSA) is 93.2 Å². The minimum atomic E-state index is 0.0229. The summed E-state index contributed by atoms with van der Waals surface area (Å²) in [5.74, 6) is 0.0229. The van der Waals surface area contributed by atoms with Gasteiger partial charge in [0.25, 0.3) is 6.01 Å². The van der Waals surface area contributed by atoms with Crippen molar-refractivity contribution in [2.24, 2.45) is 0 Å². The maximum atomic E-state index is 11.4. The molecule has 0 spiro atoms. The Morgan fingerprint density at radius 2 is 2.26 bits per heavy atom. The van der Waals surface area contributed by atoms with Crippen molar-refractivity contribution in [1.29, 1.82) is 0 Å². The molecule has 0 unspecified atom stereocenters. The average Bonchev–Trinajstić information content (AvgIpc) is 2.78. The number of amides is 1. The Balaban J connectivity index is 1.86. The van der Waals surface area contributed by atoms with Crippen LogP contribution in [0.5, 0.6) is 0 Å². The summed E-state index contributed by atoms with van der Waals surface area (Å²) in [5, 5.41) is 5.79. The number of fused-ring (bicyclic) bond motifs is 1. The fraction of sp³-hybridized carbons (Fsp3) is 0.385. The van der Waals surface area contributed by atoms with Crippen molar-refractivity contribution in [3.63, 3.8) is 0 Å². The van der Waals surface area contributed by atoms with E-state index in [-0.39, 0.29) is 5.91 Å². The number of oxazole rings is 1. The smallest absolute Gasteiger partial charge is 0.295 e. The maximum absolute atomic E-state index is 11.4. The van der Waals surface area contributed by atoms with Crippen molar-refractivity contribution < 1.29 is 9.21 Å². The summed E-state index contributed by atoms with van der Waals surface area (Å²) in [6, 6.07) is 5.70. The van der Waals surface area contributed by atoms with Crippen LogP contribution in [0, 0.1) is 0 Å². The molecule has 0 atom stereocenters. The minimum Gasteiger partial charge on any atom is -0.423 e. The second-order valence-electron chi connectivity index (χ2n) is 4.27. The second-order valence-corrected chi connectivity index (χ2v) is 4.27. The van der Waals surface area contributed by atoms with Gasteiger partial charge in [0.2, 0.25) is 5.91 Å². The Morgan fingerprint density at radius 1 is 1.42 bits per heavy atom. The molecular weight excluding hydrogens is 244 g/mol. The van der Waals surface area contributed by atoms with Gasteiger partial charge in [0.1, 0.15) is 5.52 Å². The predicted octanol–water partition coefficient (Wildman–Crippen LogP) is 1.74. The molecule has 1 aromatic carbocycles. The number of aromatic nitrogens is 1. The normalized spacial score (nSPS) is 10.6. The summed E-state index contributed by atoms with van der Waals surface area (Å²) in [4.78, 5) is 15.6. The first-order valence-electron chi connectivity index (χ1n) is 6.35. The summed E-state index contributed by atoms with van der Waals surface area (Å²) < 4.78 is 5.48. The molecule has 0 radical (unpaired) electrons. The van der Waals surface area contributed by atoms with Crippen LogP contribution in [0.25, 0.3) is 11.1 Å². The molecule has 0 aliphatic carbocycles. The summed E-state index contributed by atoms with van der Waals surface area (Å²) in [5.41, 5.74) is 7.67. The molecule has 6 nitrogen and oxygen atoms in total. The summed E-state index contributed by atoms with van der Waals surface area (Å²) in [6.45, 7) is 3.21. The maximum Gasteiger partial charge on any atom is 0.295 e. The quantitative estimate of drug-likeness (QED) is 0.689. The molecule has 6 heteroatoms. The number of carbonyl (C=O) groups excluding carboxylic acids is 1. The largest absolute Gasteiger partial charge is 0.423 e. The number of hydrogen-bond donors (Lipinski definition) is 3. The highest BCUT2D eigenvalue weighted by atomic mass is 16.4. The lowest BCUT2D eigenvalue weighted by molar-refractivity contribution is -0.120. The molecule has 2 aromatic rings. The van der Waals surface area contributed by atoms with Crippen LogP contribution in [0.1, 0.15) is 19.8 Å². The average molecular weight is 262 g/mol. The molecular formula is C13H18N4O2. The fourth-order valence-corrected chi connectivity index (χ4v) is 1.65. The molecule has 0 fully saturated rings. The molecule has 102 valence electrons. The zero-order valence-corrected chi connectivity index (χ0v) is 10.9. The van der Waals surface area contributed by atoms with Crippen LogP contribution in [0.2, 0.25) is 0 Å². The highest BCUT2D eigenvalue weighted by Gasteiger charge is 2.06. The predicted molar refractivity (Wildman–Crippen MR) is 74.8 cm³/mol. The molecule has 0 aliphatic rings. The zero-order chi connectivity index (χ0) is 13.7. The third-order valence-corrected chi connectivity index (χ3v) is 2.61. The number of benzene rings is 1. The SMILES string of the molecule is CCCNC(=O)CCNc1nc2ccc(N)cc2o1. The van der Waals surface area contributed by atoms with E-state index in [0.29, 0.717) is 36.8 Å². The zero-order valence-electron chi connectivity index (χ0n) is 10.9. The van der Waals surface area contributed by atoms with Crippen molar-refractivity contribution >= 4 is 28.7 Å². The Kier molecular flexibility index (Phi) is 4.22. The molecule has 0 bridgehead atoms. The van der Waals surface area contributed by atoms with E-state index in [1.54, 1.807) is 18.2 Å². The van der Waals surface area contributed by atoms with Crippen LogP contribution in [0.4, 0.5) is 11.7 Å². The summed E-state index contributed by atoms with van der Waals surface area (Å²) in [6.07, 6.45) is 1.33. The molecule has 0 saturated heterocycles. The van der Waals surface area contributed by atoms with E-state index in [0.717, 1.165) is 11.9 Å². The standard InChI is InChI=1S/C13H18N4O2/c1-2-6-15-12(18)5-7-16-13-17-10-4-3-9(14)8-11(10)19-13/h3-4,8H,2,5-7,14H2,1H3,(H,15,18)(H,16,17). The monoisotopic (exact) mass is 262 g/mol. The number of nitrogens with zero attached hydrogens (tertiary/aromatic N) is 1. The van der Waals surface area contributed by atoms with Crippen molar-refractivity contribution in [2.45, 2.75) is 19.8 Å². The first-order chi connectivity index (χ1) is 9.19.